The van der Waals surface area contributed by atoms with Crippen molar-refractivity contribution in [2.45, 2.75) is 0 Å². The first-order chi connectivity index (χ1) is 22.8. The fourth-order valence-electron chi connectivity index (χ4n) is 6.57. The molecule has 3 aromatic heterocycles. The molecule has 0 fully saturated rings. The molecule has 0 spiro atoms. The third-order valence-electron chi connectivity index (χ3n) is 8.71. The molecule has 0 N–H and O–H groups in total. The molecule has 9 aromatic rings. The average Bonchev–Trinajstić information content (AvgIpc) is 3.15. The molecule has 0 saturated carbocycles. The van der Waals surface area contributed by atoms with Gasteiger partial charge in [-0.2, -0.15) is 0 Å². The summed E-state index contributed by atoms with van der Waals surface area (Å²) in [5.74, 6) is 0.684. The van der Waals surface area contributed by atoms with Crippen LogP contribution in [0.5, 0.6) is 0 Å². The van der Waals surface area contributed by atoms with Crippen molar-refractivity contribution < 1.29 is 0 Å². The maximum absolute atomic E-state index is 5.25. The molecule has 0 aliphatic carbocycles. The van der Waals surface area contributed by atoms with Gasteiger partial charge in [0.1, 0.15) is 0 Å². The van der Waals surface area contributed by atoms with E-state index in [9.17, 15) is 0 Å². The van der Waals surface area contributed by atoms with Crippen LogP contribution in [-0.4, -0.2) is 19.9 Å². The van der Waals surface area contributed by atoms with E-state index in [1.165, 1.54) is 21.5 Å². The van der Waals surface area contributed by atoms with Crippen molar-refractivity contribution in [3.05, 3.63) is 158 Å². The third-order valence-corrected chi connectivity index (χ3v) is 8.71. The molecule has 0 atom stereocenters. The topological polar surface area (TPSA) is 51.6 Å². The standard InChI is InChI=1S/C42H26N4/c1-3-12-27(13-4-1)36-26-37(28-14-5-2-6-15-28)46-42(45-36)30-23-21-29(22-24-30)40-38-33-18-9-7-16-31(33)32-17-8-10-19-34(32)39(38)41-35(44-40)20-11-25-43-41/h1-26H. The van der Waals surface area contributed by atoms with Gasteiger partial charge >= 0.3 is 0 Å². The zero-order chi connectivity index (χ0) is 30.5. The predicted octanol–water partition coefficient (Wildman–Crippen LogP) is 10.5. The second-order valence-electron chi connectivity index (χ2n) is 11.4. The molecule has 0 aliphatic rings. The van der Waals surface area contributed by atoms with Gasteiger partial charge < -0.3 is 0 Å². The number of hydrogen-bond acceptors (Lipinski definition) is 4. The minimum absolute atomic E-state index is 0.684. The minimum atomic E-state index is 0.684. The van der Waals surface area contributed by atoms with Crippen LogP contribution in [0, 0.1) is 0 Å². The van der Waals surface area contributed by atoms with Crippen molar-refractivity contribution in [2.24, 2.45) is 0 Å². The van der Waals surface area contributed by atoms with E-state index < -0.39 is 0 Å². The summed E-state index contributed by atoms with van der Waals surface area (Å²) in [6.45, 7) is 0. The first-order valence-electron chi connectivity index (χ1n) is 15.4. The van der Waals surface area contributed by atoms with Crippen LogP contribution < -0.4 is 0 Å². The summed E-state index contributed by atoms with van der Waals surface area (Å²) >= 11 is 0. The Hall–Kier alpha value is -6.26. The molecule has 0 unspecified atom stereocenters. The van der Waals surface area contributed by atoms with E-state index in [1.54, 1.807) is 0 Å². The van der Waals surface area contributed by atoms with Gasteiger partial charge in [0.05, 0.1) is 28.1 Å². The fraction of sp³-hybridized carbons (Fsp3) is 0. The van der Waals surface area contributed by atoms with E-state index >= 15 is 0 Å². The molecule has 3 heterocycles. The molecule has 4 nitrogen and oxygen atoms in total. The Morgan fingerprint density at radius 1 is 0.370 bits per heavy atom. The predicted molar refractivity (Wildman–Crippen MR) is 189 cm³/mol. The van der Waals surface area contributed by atoms with Gasteiger partial charge in [0, 0.05) is 39.2 Å². The van der Waals surface area contributed by atoms with Gasteiger partial charge in [-0.05, 0) is 39.7 Å². The quantitative estimate of drug-likeness (QED) is 0.193. The summed E-state index contributed by atoms with van der Waals surface area (Å²) in [7, 11) is 0. The van der Waals surface area contributed by atoms with Crippen molar-refractivity contribution in [3.63, 3.8) is 0 Å². The molecular weight excluding hydrogens is 560 g/mol. The molecular formula is C42H26N4. The lowest BCUT2D eigenvalue weighted by molar-refractivity contribution is 1.18. The van der Waals surface area contributed by atoms with E-state index in [0.29, 0.717) is 5.82 Å². The highest BCUT2D eigenvalue weighted by molar-refractivity contribution is 6.32. The lowest BCUT2D eigenvalue weighted by atomic mass is 9.91. The highest BCUT2D eigenvalue weighted by Crippen LogP contribution is 2.42. The number of pyridine rings is 2. The van der Waals surface area contributed by atoms with Crippen LogP contribution in [0.2, 0.25) is 0 Å². The van der Waals surface area contributed by atoms with E-state index in [-0.39, 0.29) is 0 Å². The van der Waals surface area contributed by atoms with Gasteiger partial charge in [0.25, 0.3) is 0 Å². The Bertz CT molecular complexity index is 2500. The summed E-state index contributed by atoms with van der Waals surface area (Å²) in [6, 6.07) is 52.4. The van der Waals surface area contributed by atoms with Gasteiger partial charge in [-0.25, -0.2) is 15.0 Å². The molecule has 46 heavy (non-hydrogen) atoms. The Kier molecular flexibility index (Phi) is 6.10. The summed E-state index contributed by atoms with van der Waals surface area (Å²) in [5, 5.41) is 7.02. The maximum atomic E-state index is 5.25. The number of rotatable bonds is 4. The highest BCUT2D eigenvalue weighted by atomic mass is 14.9. The average molecular weight is 587 g/mol. The van der Waals surface area contributed by atoms with E-state index in [4.69, 9.17) is 19.9 Å². The number of hydrogen-bond donors (Lipinski definition) is 0. The molecule has 9 rings (SSSR count). The van der Waals surface area contributed by atoms with Crippen molar-refractivity contribution in [2.75, 3.05) is 0 Å². The molecule has 0 bridgehead atoms. The van der Waals surface area contributed by atoms with Crippen molar-refractivity contribution in [3.8, 4) is 45.2 Å². The SMILES string of the molecule is c1ccc(-c2cc(-c3ccccc3)nc(-c3ccc(-c4nc5cccnc5c5c6ccccc6c6ccccc6c45)cc3)n2)cc1. The molecule has 0 amide bonds. The van der Waals surface area contributed by atoms with Crippen LogP contribution in [0.1, 0.15) is 0 Å². The molecule has 0 radical (unpaired) electrons. The minimum Gasteiger partial charge on any atom is -0.254 e. The number of nitrogens with zero attached hydrogens (tertiary/aromatic N) is 4. The Labute approximate surface area is 265 Å². The van der Waals surface area contributed by atoms with Gasteiger partial charge in [0.2, 0.25) is 0 Å². The normalized spacial score (nSPS) is 11.5. The van der Waals surface area contributed by atoms with Crippen LogP contribution in [-0.2, 0) is 0 Å². The molecule has 214 valence electrons. The van der Waals surface area contributed by atoms with Crippen LogP contribution in [0.3, 0.4) is 0 Å². The Morgan fingerprint density at radius 2 is 0.891 bits per heavy atom. The van der Waals surface area contributed by atoms with Gasteiger partial charge in [-0.3, -0.25) is 4.98 Å². The van der Waals surface area contributed by atoms with E-state index in [0.717, 1.165) is 61.1 Å². The number of fused-ring (bicyclic) bond motifs is 8. The summed E-state index contributed by atoms with van der Waals surface area (Å²) in [4.78, 5) is 20.2. The molecule has 6 aromatic carbocycles. The van der Waals surface area contributed by atoms with Gasteiger partial charge in [-0.15, -0.1) is 0 Å². The number of aromatic nitrogens is 4. The van der Waals surface area contributed by atoms with Crippen molar-refractivity contribution in [1.29, 1.82) is 0 Å². The molecule has 4 heteroatoms. The smallest absolute Gasteiger partial charge is 0.160 e. The van der Waals surface area contributed by atoms with Crippen LogP contribution in [0.25, 0.3) is 88.5 Å². The highest BCUT2D eigenvalue weighted by Gasteiger charge is 2.18. The first-order valence-corrected chi connectivity index (χ1v) is 15.4. The maximum Gasteiger partial charge on any atom is 0.160 e. The lowest BCUT2D eigenvalue weighted by Gasteiger charge is -2.16. The van der Waals surface area contributed by atoms with Crippen molar-refractivity contribution >= 4 is 43.4 Å². The van der Waals surface area contributed by atoms with Crippen molar-refractivity contribution in [1.82, 2.24) is 19.9 Å². The largest absolute Gasteiger partial charge is 0.254 e. The Balaban J connectivity index is 1.26. The van der Waals surface area contributed by atoms with Crippen LogP contribution in [0.15, 0.2) is 158 Å². The molecule has 0 saturated heterocycles. The van der Waals surface area contributed by atoms with Crippen LogP contribution >= 0.6 is 0 Å². The fourth-order valence-corrected chi connectivity index (χ4v) is 6.57. The summed E-state index contributed by atoms with van der Waals surface area (Å²) < 4.78 is 0. The Morgan fingerprint density at radius 3 is 1.50 bits per heavy atom. The first kappa shape index (κ1) is 26.2. The van der Waals surface area contributed by atoms with E-state index in [1.807, 2.05) is 48.7 Å². The number of benzene rings is 6. The summed E-state index contributed by atoms with van der Waals surface area (Å²) in [5.41, 5.74) is 8.60. The lowest BCUT2D eigenvalue weighted by Crippen LogP contribution is -1.96. The zero-order valence-electron chi connectivity index (χ0n) is 24.8. The monoisotopic (exact) mass is 586 g/mol. The van der Waals surface area contributed by atoms with Crippen LogP contribution in [0.4, 0.5) is 0 Å². The zero-order valence-corrected chi connectivity index (χ0v) is 24.8. The van der Waals surface area contributed by atoms with E-state index in [2.05, 4.69) is 109 Å². The second kappa shape index (κ2) is 10.7. The second-order valence-corrected chi connectivity index (χ2v) is 11.4. The summed E-state index contributed by atoms with van der Waals surface area (Å²) in [6.07, 6.45) is 1.86. The van der Waals surface area contributed by atoms with Gasteiger partial charge in [0.15, 0.2) is 5.82 Å². The third kappa shape index (κ3) is 4.31. The molecule has 0 aliphatic heterocycles. The van der Waals surface area contributed by atoms with Gasteiger partial charge in [-0.1, -0.05) is 133 Å².